The Balaban J connectivity index is 3.03. The van der Waals surface area contributed by atoms with Gasteiger partial charge in [0, 0.05) is 4.88 Å². The Morgan fingerprint density at radius 3 is 2.30 bits per heavy atom. The molecule has 1 nitrogen and oxygen atoms in total. The van der Waals surface area contributed by atoms with Crippen LogP contribution in [0.25, 0.3) is 0 Å². The minimum absolute atomic E-state index is 0.490. The number of thiazole rings is 1. The zero-order chi connectivity index (χ0) is 7.72. The summed E-state index contributed by atoms with van der Waals surface area (Å²) in [5.74, 6) is 0.490. The fraction of sp³-hybridized carbons (Fsp3) is 0.571. The van der Waals surface area contributed by atoms with E-state index in [2.05, 4.69) is 25.8 Å². The highest BCUT2D eigenvalue weighted by Gasteiger charge is 2.08. The Kier molecular flexibility index (Phi) is 2.32. The lowest BCUT2D eigenvalue weighted by Crippen LogP contribution is -1.88. The Hall–Kier alpha value is -0.0800. The third kappa shape index (κ3) is 1.50. The molecule has 0 saturated heterocycles. The molecule has 0 radical (unpaired) electrons. The van der Waals surface area contributed by atoms with Crippen LogP contribution in [0.3, 0.4) is 0 Å². The predicted molar refractivity (Wildman–Crippen MR) is 46.0 cm³/mol. The normalized spacial score (nSPS) is 10.9. The molecular formula is C7H10ClNS. The highest BCUT2D eigenvalue weighted by Crippen LogP contribution is 2.26. The van der Waals surface area contributed by atoms with Crippen LogP contribution >= 0.6 is 22.9 Å². The van der Waals surface area contributed by atoms with Crippen LogP contribution in [-0.4, -0.2) is 4.98 Å². The van der Waals surface area contributed by atoms with Gasteiger partial charge in [-0.15, -0.1) is 11.3 Å². The van der Waals surface area contributed by atoms with E-state index in [9.17, 15) is 0 Å². The van der Waals surface area contributed by atoms with Gasteiger partial charge in [-0.05, 0) is 12.8 Å². The fourth-order valence-corrected chi connectivity index (χ4v) is 2.13. The first kappa shape index (κ1) is 8.02. The molecule has 0 aliphatic rings. The van der Waals surface area contributed by atoms with Gasteiger partial charge in [-0.3, -0.25) is 0 Å². The van der Waals surface area contributed by atoms with E-state index >= 15 is 0 Å². The van der Waals surface area contributed by atoms with E-state index in [1.54, 1.807) is 11.3 Å². The van der Waals surface area contributed by atoms with Crippen LogP contribution in [0.15, 0.2) is 0 Å². The van der Waals surface area contributed by atoms with Crippen LogP contribution in [-0.2, 0) is 0 Å². The molecule has 1 heterocycles. The zero-order valence-corrected chi connectivity index (χ0v) is 7.88. The maximum absolute atomic E-state index is 5.72. The van der Waals surface area contributed by atoms with E-state index in [-0.39, 0.29) is 0 Å². The molecule has 0 amide bonds. The lowest BCUT2D eigenvalue weighted by atomic mass is 10.1. The summed E-state index contributed by atoms with van der Waals surface area (Å²) in [5, 5.41) is 0. The maximum Gasteiger partial charge on any atom is 0.184 e. The molecular weight excluding hydrogens is 166 g/mol. The Morgan fingerprint density at radius 1 is 1.50 bits per heavy atom. The van der Waals surface area contributed by atoms with Crippen LogP contribution in [0.2, 0.25) is 4.47 Å². The van der Waals surface area contributed by atoms with Gasteiger partial charge in [-0.1, -0.05) is 25.4 Å². The summed E-state index contributed by atoms with van der Waals surface area (Å²) < 4.78 is 0.654. The second-order valence-corrected chi connectivity index (χ2v) is 4.35. The molecule has 0 saturated carbocycles. The minimum Gasteiger partial charge on any atom is -0.229 e. The monoisotopic (exact) mass is 175 g/mol. The van der Waals surface area contributed by atoms with Gasteiger partial charge in [0.1, 0.15) is 0 Å². The standard InChI is InChI=1S/C7H10ClNS/c1-4(2)6-5(3)10-7(8)9-6/h4H,1-3H3. The topological polar surface area (TPSA) is 12.9 Å². The van der Waals surface area contributed by atoms with Gasteiger partial charge in [-0.2, -0.15) is 0 Å². The average molecular weight is 176 g/mol. The molecule has 1 aromatic heterocycles. The van der Waals surface area contributed by atoms with E-state index in [0.29, 0.717) is 10.4 Å². The number of rotatable bonds is 1. The van der Waals surface area contributed by atoms with Crippen molar-refractivity contribution in [2.75, 3.05) is 0 Å². The number of hydrogen-bond donors (Lipinski definition) is 0. The van der Waals surface area contributed by atoms with Crippen molar-refractivity contribution in [2.45, 2.75) is 26.7 Å². The molecule has 1 rings (SSSR count). The molecule has 0 spiro atoms. The molecule has 0 aliphatic carbocycles. The number of aryl methyl sites for hydroxylation is 1. The first-order valence-electron chi connectivity index (χ1n) is 3.24. The second kappa shape index (κ2) is 2.89. The summed E-state index contributed by atoms with van der Waals surface area (Å²) in [6, 6.07) is 0. The smallest absolute Gasteiger partial charge is 0.184 e. The van der Waals surface area contributed by atoms with Crippen LogP contribution in [0.4, 0.5) is 0 Å². The highest BCUT2D eigenvalue weighted by atomic mass is 35.5. The maximum atomic E-state index is 5.72. The molecule has 10 heavy (non-hydrogen) atoms. The molecule has 0 bridgehead atoms. The molecule has 0 N–H and O–H groups in total. The SMILES string of the molecule is Cc1sc(Cl)nc1C(C)C. The summed E-state index contributed by atoms with van der Waals surface area (Å²) in [6.07, 6.45) is 0. The van der Waals surface area contributed by atoms with Gasteiger partial charge in [-0.25, -0.2) is 4.98 Å². The fourth-order valence-electron chi connectivity index (χ4n) is 0.910. The van der Waals surface area contributed by atoms with Crippen molar-refractivity contribution in [2.24, 2.45) is 0 Å². The van der Waals surface area contributed by atoms with Crippen molar-refractivity contribution in [3.63, 3.8) is 0 Å². The summed E-state index contributed by atoms with van der Waals surface area (Å²) in [7, 11) is 0. The number of nitrogens with zero attached hydrogens (tertiary/aromatic N) is 1. The lowest BCUT2D eigenvalue weighted by Gasteiger charge is -1.98. The predicted octanol–water partition coefficient (Wildman–Crippen LogP) is 3.23. The molecule has 3 heteroatoms. The third-order valence-electron chi connectivity index (χ3n) is 1.35. The van der Waals surface area contributed by atoms with Crippen molar-refractivity contribution < 1.29 is 0 Å². The van der Waals surface area contributed by atoms with Crippen molar-refractivity contribution in [1.82, 2.24) is 4.98 Å². The van der Waals surface area contributed by atoms with Gasteiger partial charge >= 0.3 is 0 Å². The highest BCUT2D eigenvalue weighted by molar-refractivity contribution is 7.15. The van der Waals surface area contributed by atoms with E-state index in [1.165, 1.54) is 4.88 Å². The summed E-state index contributed by atoms with van der Waals surface area (Å²) >= 11 is 7.27. The van der Waals surface area contributed by atoms with Crippen molar-refractivity contribution in [3.05, 3.63) is 15.0 Å². The molecule has 0 atom stereocenters. The molecule has 0 fully saturated rings. The van der Waals surface area contributed by atoms with Crippen molar-refractivity contribution in [3.8, 4) is 0 Å². The first-order chi connectivity index (χ1) is 4.61. The van der Waals surface area contributed by atoms with Gasteiger partial charge in [0.05, 0.1) is 5.69 Å². The van der Waals surface area contributed by atoms with Crippen LogP contribution in [0.5, 0.6) is 0 Å². The number of halogens is 1. The third-order valence-corrected chi connectivity index (χ3v) is 2.44. The second-order valence-electron chi connectivity index (χ2n) is 2.56. The number of aromatic nitrogens is 1. The Labute approximate surface area is 70.1 Å². The molecule has 1 aromatic rings. The molecule has 56 valence electrons. The van der Waals surface area contributed by atoms with Gasteiger partial charge in [0.2, 0.25) is 0 Å². The van der Waals surface area contributed by atoms with Crippen LogP contribution in [0, 0.1) is 6.92 Å². The summed E-state index contributed by atoms with van der Waals surface area (Å²) in [4.78, 5) is 5.43. The first-order valence-corrected chi connectivity index (χ1v) is 4.43. The van der Waals surface area contributed by atoms with Gasteiger partial charge in [0.15, 0.2) is 4.47 Å². The Bertz CT molecular complexity index is 230. The molecule has 0 aromatic carbocycles. The summed E-state index contributed by atoms with van der Waals surface area (Å²) in [6.45, 7) is 6.30. The molecule has 0 unspecified atom stereocenters. The lowest BCUT2D eigenvalue weighted by molar-refractivity contribution is 0.825. The molecule has 0 aliphatic heterocycles. The van der Waals surface area contributed by atoms with Gasteiger partial charge in [0.25, 0.3) is 0 Å². The quantitative estimate of drug-likeness (QED) is 0.639. The summed E-state index contributed by atoms with van der Waals surface area (Å²) in [5.41, 5.74) is 1.13. The Morgan fingerprint density at radius 2 is 2.10 bits per heavy atom. The largest absolute Gasteiger partial charge is 0.229 e. The van der Waals surface area contributed by atoms with E-state index in [4.69, 9.17) is 11.6 Å². The minimum atomic E-state index is 0.490. The van der Waals surface area contributed by atoms with Crippen molar-refractivity contribution in [1.29, 1.82) is 0 Å². The van der Waals surface area contributed by atoms with E-state index < -0.39 is 0 Å². The number of hydrogen-bond acceptors (Lipinski definition) is 2. The van der Waals surface area contributed by atoms with E-state index in [1.807, 2.05) is 0 Å². The zero-order valence-electron chi connectivity index (χ0n) is 6.31. The van der Waals surface area contributed by atoms with Crippen molar-refractivity contribution >= 4 is 22.9 Å². The van der Waals surface area contributed by atoms with Gasteiger partial charge < -0.3 is 0 Å². The average Bonchev–Trinajstić information content (AvgIpc) is 2.10. The van der Waals surface area contributed by atoms with Crippen LogP contribution < -0.4 is 0 Å². The van der Waals surface area contributed by atoms with E-state index in [0.717, 1.165) is 5.69 Å². The van der Waals surface area contributed by atoms with Crippen LogP contribution in [0.1, 0.15) is 30.3 Å².